The second kappa shape index (κ2) is 21.2. The van der Waals surface area contributed by atoms with Crippen LogP contribution in [0.5, 0.6) is 0 Å². The Balaban J connectivity index is 2.11. The summed E-state index contributed by atoms with van der Waals surface area (Å²) in [5, 5.41) is 5.74. The minimum atomic E-state index is -0.467. The lowest BCUT2D eigenvalue weighted by Gasteiger charge is -2.16. The van der Waals surface area contributed by atoms with Crippen LogP contribution in [0.3, 0.4) is 0 Å². The summed E-state index contributed by atoms with van der Waals surface area (Å²) < 4.78 is 5.19. The molecule has 189 valence electrons. The van der Waals surface area contributed by atoms with Crippen molar-refractivity contribution in [3.05, 3.63) is 35.9 Å². The maximum atomic E-state index is 12.5. The first kappa shape index (κ1) is 29.7. The van der Waals surface area contributed by atoms with Gasteiger partial charge in [0, 0.05) is 19.0 Å². The van der Waals surface area contributed by atoms with Crippen LogP contribution in [0.15, 0.2) is 30.3 Å². The van der Waals surface area contributed by atoms with Gasteiger partial charge in [-0.15, -0.1) is 0 Å². The molecule has 0 aliphatic carbocycles. The molecular weight excluding hydrogens is 427 g/mol. The minimum absolute atomic E-state index is 0.0133. The number of rotatable bonds is 21. The fourth-order valence-corrected chi connectivity index (χ4v) is 3.86. The number of amides is 2. The van der Waals surface area contributed by atoms with Crippen molar-refractivity contribution in [2.75, 3.05) is 13.1 Å². The molecule has 0 aromatic heterocycles. The van der Waals surface area contributed by atoms with Gasteiger partial charge in [0.05, 0.1) is 6.19 Å². The second-order valence-corrected chi connectivity index (χ2v) is 8.91. The Labute approximate surface area is 207 Å². The fraction of sp³-hybridized carbons (Fsp3) is 0.667. The first-order chi connectivity index (χ1) is 16.7. The van der Waals surface area contributed by atoms with E-state index in [0.717, 1.165) is 24.6 Å². The van der Waals surface area contributed by atoms with Gasteiger partial charge < -0.3 is 20.2 Å². The summed E-state index contributed by atoms with van der Waals surface area (Å²) in [5.74, 6) is -0.267. The van der Waals surface area contributed by atoms with Crippen molar-refractivity contribution in [2.24, 2.45) is 5.92 Å². The molecule has 1 aromatic carbocycles. The van der Waals surface area contributed by atoms with Crippen molar-refractivity contribution in [3.63, 3.8) is 0 Å². The number of carbonyl (C=O) groups excluding carboxylic acids is 3. The summed E-state index contributed by atoms with van der Waals surface area (Å²) in [6, 6.07) is 9.50. The smallest absolute Gasteiger partial charge is 0.407 e. The van der Waals surface area contributed by atoms with E-state index in [2.05, 4.69) is 17.6 Å². The molecular formula is C27H44BN2O4. The first-order valence-corrected chi connectivity index (χ1v) is 13.2. The number of benzene rings is 1. The topological polar surface area (TPSA) is 84.5 Å². The SMILES string of the molecule is CCCCCCCCCCCCNC(=O)[C@@H](C[B]C=O)CCCNC(=O)OCc1ccccc1. The van der Waals surface area contributed by atoms with Gasteiger partial charge in [-0.2, -0.15) is 0 Å². The number of hydrogen-bond donors (Lipinski definition) is 2. The van der Waals surface area contributed by atoms with Crippen LogP contribution in [0.25, 0.3) is 0 Å². The van der Waals surface area contributed by atoms with E-state index >= 15 is 0 Å². The average Bonchev–Trinajstić information content (AvgIpc) is 2.86. The predicted molar refractivity (Wildman–Crippen MR) is 140 cm³/mol. The molecule has 2 N–H and O–H groups in total. The van der Waals surface area contributed by atoms with E-state index in [1.165, 1.54) is 58.6 Å². The minimum Gasteiger partial charge on any atom is -0.445 e. The maximum Gasteiger partial charge on any atom is 0.407 e. The lowest BCUT2D eigenvalue weighted by atomic mass is 9.70. The lowest BCUT2D eigenvalue weighted by Crippen LogP contribution is -2.33. The quantitative estimate of drug-likeness (QED) is 0.138. The summed E-state index contributed by atoms with van der Waals surface area (Å²) in [6.45, 7) is 3.57. The molecule has 0 saturated carbocycles. The van der Waals surface area contributed by atoms with Crippen LogP contribution < -0.4 is 10.6 Å². The maximum absolute atomic E-state index is 12.5. The van der Waals surface area contributed by atoms with E-state index < -0.39 is 6.09 Å². The Hall–Kier alpha value is -2.31. The van der Waals surface area contributed by atoms with Crippen LogP contribution in [0.2, 0.25) is 6.32 Å². The third-order valence-corrected chi connectivity index (χ3v) is 5.93. The molecule has 0 unspecified atom stereocenters. The monoisotopic (exact) mass is 471 g/mol. The van der Waals surface area contributed by atoms with Crippen molar-refractivity contribution in [3.8, 4) is 0 Å². The molecule has 7 heteroatoms. The molecule has 1 rings (SSSR count). The van der Waals surface area contributed by atoms with Gasteiger partial charge in [0.1, 0.15) is 6.61 Å². The van der Waals surface area contributed by atoms with Crippen molar-refractivity contribution in [1.82, 2.24) is 10.6 Å². The fourth-order valence-electron chi connectivity index (χ4n) is 3.86. The third-order valence-electron chi connectivity index (χ3n) is 5.93. The molecule has 0 aliphatic rings. The van der Waals surface area contributed by atoms with Gasteiger partial charge in [0.15, 0.2) is 7.28 Å². The highest BCUT2D eigenvalue weighted by molar-refractivity contribution is 6.66. The highest BCUT2D eigenvalue weighted by atomic mass is 16.5. The summed E-state index contributed by atoms with van der Waals surface area (Å²) in [7, 11) is 1.49. The normalized spacial score (nSPS) is 11.4. The molecule has 6 nitrogen and oxygen atoms in total. The van der Waals surface area contributed by atoms with Gasteiger partial charge in [-0.1, -0.05) is 101 Å². The predicted octanol–water partition coefficient (Wildman–Crippen LogP) is 5.66. The molecule has 2 amide bonds. The summed E-state index contributed by atoms with van der Waals surface area (Å²) in [5.41, 5.74) is 0.932. The Kier molecular flexibility index (Phi) is 18.6. The van der Waals surface area contributed by atoms with Crippen LogP contribution in [0, 0.1) is 5.92 Å². The molecule has 0 saturated heterocycles. The number of ether oxygens (including phenoxy) is 1. The summed E-state index contributed by atoms with van der Waals surface area (Å²) in [6.07, 6.45) is 14.6. The van der Waals surface area contributed by atoms with E-state index in [9.17, 15) is 14.4 Å². The van der Waals surface area contributed by atoms with Gasteiger partial charge in [0.25, 0.3) is 0 Å². The molecule has 0 aliphatic heterocycles. The largest absolute Gasteiger partial charge is 0.445 e. The van der Waals surface area contributed by atoms with Crippen LogP contribution >= 0.6 is 0 Å². The van der Waals surface area contributed by atoms with E-state index in [-0.39, 0.29) is 18.4 Å². The zero-order valence-corrected chi connectivity index (χ0v) is 21.1. The van der Waals surface area contributed by atoms with E-state index in [0.29, 0.717) is 32.3 Å². The standard InChI is InChI=1S/C27H44BN2O4/c1-2-3-4-5-6-7-8-9-10-14-19-29-26(32)25(21-28-23-31)18-15-20-30-27(33)34-22-24-16-12-11-13-17-24/h11-13,16-17,23,25H,2-10,14-15,18-22H2,1H3,(H,29,32)(H,30,33)/t25-/m1/s1. The summed E-state index contributed by atoms with van der Waals surface area (Å²) >= 11 is 0. The van der Waals surface area contributed by atoms with E-state index in [1.807, 2.05) is 30.3 Å². The Morgan fingerprint density at radius 1 is 0.882 bits per heavy atom. The summed E-state index contributed by atoms with van der Waals surface area (Å²) in [4.78, 5) is 35.1. The Morgan fingerprint density at radius 3 is 2.15 bits per heavy atom. The van der Waals surface area contributed by atoms with Crippen molar-refractivity contribution >= 4 is 25.5 Å². The molecule has 0 spiro atoms. The third kappa shape index (κ3) is 16.3. The van der Waals surface area contributed by atoms with Gasteiger partial charge >= 0.3 is 6.09 Å². The Morgan fingerprint density at radius 2 is 1.50 bits per heavy atom. The number of hydrogen-bond acceptors (Lipinski definition) is 4. The lowest BCUT2D eigenvalue weighted by molar-refractivity contribution is -0.124. The highest BCUT2D eigenvalue weighted by Crippen LogP contribution is 2.13. The van der Waals surface area contributed by atoms with Crippen LogP contribution in [0.1, 0.15) is 89.5 Å². The number of alkyl carbamates (subject to hydrolysis) is 1. The molecule has 0 heterocycles. The van der Waals surface area contributed by atoms with E-state index in [1.54, 1.807) is 0 Å². The number of carbonyl (C=O) groups is 3. The van der Waals surface area contributed by atoms with Gasteiger partial charge in [-0.25, -0.2) is 4.79 Å². The van der Waals surface area contributed by atoms with Crippen LogP contribution in [-0.2, 0) is 20.9 Å². The first-order valence-electron chi connectivity index (χ1n) is 13.2. The number of unbranched alkanes of at least 4 members (excludes halogenated alkanes) is 9. The average molecular weight is 471 g/mol. The van der Waals surface area contributed by atoms with Crippen LogP contribution in [-0.4, -0.2) is 38.6 Å². The second-order valence-electron chi connectivity index (χ2n) is 8.91. The molecule has 1 radical (unpaired) electrons. The molecule has 0 fully saturated rings. The highest BCUT2D eigenvalue weighted by Gasteiger charge is 2.18. The van der Waals surface area contributed by atoms with Gasteiger partial charge in [-0.3, -0.25) is 4.79 Å². The van der Waals surface area contributed by atoms with Gasteiger partial charge in [0.2, 0.25) is 5.91 Å². The van der Waals surface area contributed by atoms with Gasteiger partial charge in [-0.05, 0) is 24.8 Å². The molecule has 1 aromatic rings. The van der Waals surface area contributed by atoms with Crippen molar-refractivity contribution < 1.29 is 19.1 Å². The van der Waals surface area contributed by atoms with Crippen molar-refractivity contribution in [2.45, 2.75) is 96.9 Å². The molecule has 1 atom stereocenters. The zero-order valence-electron chi connectivity index (χ0n) is 21.1. The molecule has 0 bridgehead atoms. The number of nitrogens with one attached hydrogen (secondary N) is 2. The zero-order chi connectivity index (χ0) is 24.7. The van der Waals surface area contributed by atoms with E-state index in [4.69, 9.17) is 4.74 Å². The van der Waals surface area contributed by atoms with Crippen LogP contribution in [0.4, 0.5) is 4.79 Å². The Bertz CT molecular complexity index is 657. The molecule has 34 heavy (non-hydrogen) atoms. The van der Waals surface area contributed by atoms with Crippen molar-refractivity contribution in [1.29, 1.82) is 0 Å².